The third-order valence-electron chi connectivity index (χ3n) is 6.05. The van der Waals surface area contributed by atoms with Crippen LogP contribution in [0.5, 0.6) is 0 Å². The van der Waals surface area contributed by atoms with E-state index in [1.54, 1.807) is 0 Å². The maximum atomic E-state index is 4.46. The van der Waals surface area contributed by atoms with Crippen LogP contribution in [0.4, 0.5) is 0 Å². The zero-order valence-corrected chi connectivity index (χ0v) is 20.8. The SMILES string of the molecule is CN=C(NCC1CCN(Cc2cccs2)CC1)NC1CCN(C(C)C)CC1.I. The summed E-state index contributed by atoms with van der Waals surface area (Å²) in [6.45, 7) is 11.5. The van der Waals surface area contributed by atoms with Crippen molar-refractivity contribution in [2.45, 2.75) is 58.2 Å². The second kappa shape index (κ2) is 12.3. The van der Waals surface area contributed by atoms with E-state index in [1.165, 1.54) is 56.7 Å². The van der Waals surface area contributed by atoms with E-state index in [0.29, 0.717) is 12.1 Å². The van der Waals surface area contributed by atoms with Crippen LogP contribution in [0.3, 0.4) is 0 Å². The minimum Gasteiger partial charge on any atom is -0.356 e. The number of hydrogen-bond acceptors (Lipinski definition) is 4. The quantitative estimate of drug-likeness (QED) is 0.343. The minimum atomic E-state index is 0. The van der Waals surface area contributed by atoms with Gasteiger partial charge in [-0.3, -0.25) is 9.89 Å². The maximum absolute atomic E-state index is 4.46. The normalized spacial score (nSPS) is 20.9. The molecule has 0 amide bonds. The molecule has 0 radical (unpaired) electrons. The molecule has 0 unspecified atom stereocenters. The predicted octanol–water partition coefficient (Wildman–Crippen LogP) is 3.62. The van der Waals surface area contributed by atoms with Gasteiger partial charge in [0.15, 0.2) is 5.96 Å². The Balaban J connectivity index is 0.00000280. The minimum absolute atomic E-state index is 0. The number of halogens is 1. The van der Waals surface area contributed by atoms with E-state index in [9.17, 15) is 0 Å². The van der Waals surface area contributed by atoms with Gasteiger partial charge in [0.2, 0.25) is 0 Å². The van der Waals surface area contributed by atoms with Gasteiger partial charge in [0.25, 0.3) is 0 Å². The van der Waals surface area contributed by atoms with Gasteiger partial charge in [-0.15, -0.1) is 35.3 Å². The summed E-state index contributed by atoms with van der Waals surface area (Å²) in [5.74, 6) is 1.74. The zero-order chi connectivity index (χ0) is 19.1. The number of rotatable bonds is 6. The molecule has 28 heavy (non-hydrogen) atoms. The van der Waals surface area contributed by atoms with Crippen molar-refractivity contribution in [1.29, 1.82) is 0 Å². The number of likely N-dealkylation sites (tertiary alicyclic amines) is 2. The number of nitrogens with zero attached hydrogens (tertiary/aromatic N) is 3. The van der Waals surface area contributed by atoms with Crippen molar-refractivity contribution < 1.29 is 0 Å². The molecule has 2 saturated heterocycles. The standard InChI is InChI=1S/C21H37N5S.HI/c1-17(2)26-12-8-19(9-13-26)24-21(22-3)23-15-18-6-10-25(11-7-18)16-20-5-4-14-27-20;/h4-5,14,17-19H,6-13,15-16H2,1-3H3,(H2,22,23,24);1H. The largest absolute Gasteiger partial charge is 0.356 e. The fraction of sp³-hybridized carbons (Fsp3) is 0.762. The van der Waals surface area contributed by atoms with Gasteiger partial charge < -0.3 is 15.5 Å². The summed E-state index contributed by atoms with van der Waals surface area (Å²) in [4.78, 5) is 11.1. The molecule has 1 aromatic rings. The van der Waals surface area contributed by atoms with E-state index < -0.39 is 0 Å². The highest BCUT2D eigenvalue weighted by Crippen LogP contribution is 2.20. The fourth-order valence-electron chi connectivity index (χ4n) is 4.16. The van der Waals surface area contributed by atoms with Crippen molar-refractivity contribution in [2.24, 2.45) is 10.9 Å². The van der Waals surface area contributed by atoms with E-state index in [-0.39, 0.29) is 24.0 Å². The Morgan fingerprint density at radius 1 is 1.18 bits per heavy atom. The predicted molar refractivity (Wildman–Crippen MR) is 132 cm³/mol. The molecule has 0 atom stereocenters. The molecule has 0 aliphatic carbocycles. The molecular formula is C21H38IN5S. The number of guanidine groups is 1. The molecule has 2 aliphatic rings. The molecule has 2 N–H and O–H groups in total. The first kappa shape index (κ1) is 23.9. The van der Waals surface area contributed by atoms with E-state index in [2.05, 4.69) is 56.8 Å². The third kappa shape index (κ3) is 7.46. The second-order valence-electron chi connectivity index (χ2n) is 8.30. The van der Waals surface area contributed by atoms with Crippen molar-refractivity contribution in [1.82, 2.24) is 20.4 Å². The van der Waals surface area contributed by atoms with Gasteiger partial charge in [0, 0.05) is 50.2 Å². The molecule has 0 saturated carbocycles. The lowest BCUT2D eigenvalue weighted by Gasteiger charge is -2.36. The summed E-state index contributed by atoms with van der Waals surface area (Å²) in [5, 5.41) is 9.41. The first-order valence-corrected chi connectivity index (χ1v) is 11.5. The van der Waals surface area contributed by atoms with Crippen LogP contribution in [0.2, 0.25) is 0 Å². The summed E-state index contributed by atoms with van der Waals surface area (Å²) >= 11 is 1.87. The van der Waals surface area contributed by atoms with E-state index in [0.717, 1.165) is 25.0 Å². The van der Waals surface area contributed by atoms with Gasteiger partial charge in [0.05, 0.1) is 0 Å². The van der Waals surface area contributed by atoms with E-state index in [1.807, 2.05) is 18.4 Å². The molecule has 160 valence electrons. The van der Waals surface area contributed by atoms with E-state index >= 15 is 0 Å². The lowest BCUT2D eigenvalue weighted by Crippen LogP contribution is -2.50. The zero-order valence-electron chi connectivity index (χ0n) is 17.7. The number of nitrogens with one attached hydrogen (secondary N) is 2. The van der Waals surface area contributed by atoms with Crippen LogP contribution in [-0.4, -0.2) is 67.6 Å². The topological polar surface area (TPSA) is 42.9 Å². The van der Waals surface area contributed by atoms with Crippen LogP contribution in [-0.2, 0) is 6.54 Å². The van der Waals surface area contributed by atoms with Crippen LogP contribution in [0.15, 0.2) is 22.5 Å². The van der Waals surface area contributed by atoms with Crippen molar-refractivity contribution in [2.75, 3.05) is 39.8 Å². The lowest BCUT2D eigenvalue weighted by molar-refractivity contribution is 0.166. The summed E-state index contributed by atoms with van der Waals surface area (Å²) in [6, 6.07) is 5.62. The Kier molecular flexibility index (Phi) is 10.5. The van der Waals surface area contributed by atoms with Gasteiger partial charge in [-0.25, -0.2) is 0 Å². The smallest absolute Gasteiger partial charge is 0.191 e. The number of hydrogen-bond donors (Lipinski definition) is 2. The Morgan fingerprint density at radius 3 is 2.46 bits per heavy atom. The van der Waals surface area contributed by atoms with Crippen LogP contribution < -0.4 is 10.6 Å². The molecule has 5 nitrogen and oxygen atoms in total. The Bertz CT molecular complexity index is 561. The number of aliphatic imine (C=N–C) groups is 1. The molecule has 0 spiro atoms. The highest BCUT2D eigenvalue weighted by Gasteiger charge is 2.23. The number of piperidine rings is 2. The van der Waals surface area contributed by atoms with Crippen LogP contribution >= 0.6 is 35.3 Å². The van der Waals surface area contributed by atoms with Crippen molar-refractivity contribution in [3.8, 4) is 0 Å². The summed E-state index contributed by atoms with van der Waals surface area (Å²) in [6.07, 6.45) is 4.98. The monoisotopic (exact) mass is 519 g/mol. The van der Waals surface area contributed by atoms with E-state index in [4.69, 9.17) is 0 Å². The fourth-order valence-corrected chi connectivity index (χ4v) is 4.91. The van der Waals surface area contributed by atoms with Crippen LogP contribution in [0.1, 0.15) is 44.4 Å². The highest BCUT2D eigenvalue weighted by atomic mass is 127. The lowest BCUT2D eigenvalue weighted by atomic mass is 9.97. The summed E-state index contributed by atoms with van der Waals surface area (Å²) < 4.78 is 0. The molecule has 2 fully saturated rings. The third-order valence-corrected chi connectivity index (χ3v) is 6.91. The molecule has 2 aliphatic heterocycles. The average molecular weight is 520 g/mol. The van der Waals surface area contributed by atoms with Crippen molar-refractivity contribution in [3.05, 3.63) is 22.4 Å². The summed E-state index contributed by atoms with van der Waals surface area (Å²) in [7, 11) is 1.89. The van der Waals surface area contributed by atoms with Gasteiger partial charge in [-0.2, -0.15) is 0 Å². The molecule has 1 aromatic heterocycles. The first-order chi connectivity index (χ1) is 13.1. The van der Waals surface area contributed by atoms with Gasteiger partial charge >= 0.3 is 0 Å². The van der Waals surface area contributed by atoms with Crippen molar-refractivity contribution in [3.63, 3.8) is 0 Å². The Hall–Kier alpha value is -0.380. The van der Waals surface area contributed by atoms with Crippen LogP contribution in [0.25, 0.3) is 0 Å². The molecule has 3 rings (SSSR count). The maximum Gasteiger partial charge on any atom is 0.191 e. The molecule has 7 heteroatoms. The second-order valence-corrected chi connectivity index (χ2v) is 9.33. The van der Waals surface area contributed by atoms with Gasteiger partial charge in [-0.1, -0.05) is 6.07 Å². The molecule has 0 aromatic carbocycles. The first-order valence-electron chi connectivity index (χ1n) is 10.6. The van der Waals surface area contributed by atoms with Crippen molar-refractivity contribution >= 4 is 41.3 Å². The molecular weight excluding hydrogens is 481 g/mol. The van der Waals surface area contributed by atoms with Crippen LogP contribution in [0, 0.1) is 5.92 Å². The average Bonchev–Trinajstić information content (AvgIpc) is 3.19. The number of thiophene rings is 1. The Labute approximate surface area is 192 Å². The Morgan fingerprint density at radius 2 is 1.89 bits per heavy atom. The van der Waals surface area contributed by atoms with Gasteiger partial charge in [0.1, 0.15) is 0 Å². The summed E-state index contributed by atoms with van der Waals surface area (Å²) in [5.41, 5.74) is 0. The molecule has 0 bridgehead atoms. The van der Waals surface area contributed by atoms with Gasteiger partial charge in [-0.05, 0) is 70.0 Å². The highest BCUT2D eigenvalue weighted by molar-refractivity contribution is 14.0. The molecule has 3 heterocycles.